The average Bonchev–Trinajstić information content (AvgIpc) is 2.98. The number of halogens is 1. The van der Waals surface area contributed by atoms with E-state index < -0.39 is 0 Å². The summed E-state index contributed by atoms with van der Waals surface area (Å²) in [6.07, 6.45) is 1.71. The Morgan fingerprint density at radius 2 is 2.37 bits per heavy atom. The van der Waals surface area contributed by atoms with E-state index in [1.807, 2.05) is 24.3 Å². The molecule has 100 valence electrons. The molecule has 0 saturated carbocycles. The summed E-state index contributed by atoms with van der Waals surface area (Å²) in [6.45, 7) is 3.16. The van der Waals surface area contributed by atoms with Gasteiger partial charge < -0.3 is 9.84 Å². The van der Waals surface area contributed by atoms with E-state index in [9.17, 15) is 0 Å². The van der Waals surface area contributed by atoms with Crippen molar-refractivity contribution in [3.63, 3.8) is 0 Å². The fourth-order valence-corrected chi connectivity index (χ4v) is 2.73. The molecule has 3 rings (SSSR count). The Hall–Kier alpha value is -1.39. The molecule has 2 atom stereocenters. The summed E-state index contributed by atoms with van der Waals surface area (Å²) in [6, 6.07) is 8.14. The van der Waals surface area contributed by atoms with Crippen LogP contribution < -0.4 is 5.32 Å². The molecule has 0 radical (unpaired) electrons. The van der Waals surface area contributed by atoms with Crippen LogP contribution in [0.25, 0.3) is 0 Å². The van der Waals surface area contributed by atoms with Gasteiger partial charge in [-0.25, -0.2) is 0 Å². The minimum atomic E-state index is 0.334. The van der Waals surface area contributed by atoms with E-state index in [1.165, 1.54) is 0 Å². The number of hydrogen-bond donors (Lipinski definition) is 1. The van der Waals surface area contributed by atoms with Crippen molar-refractivity contribution in [3.05, 3.63) is 46.6 Å². The zero-order chi connectivity index (χ0) is 13.2. The molecule has 2 aromatic rings. The van der Waals surface area contributed by atoms with Crippen molar-refractivity contribution in [1.82, 2.24) is 15.5 Å². The van der Waals surface area contributed by atoms with Gasteiger partial charge in [-0.15, -0.1) is 0 Å². The Bertz CT molecular complexity index is 569. The molecule has 1 saturated heterocycles. The van der Waals surface area contributed by atoms with Crippen LogP contribution in [-0.2, 0) is 6.42 Å². The lowest BCUT2D eigenvalue weighted by atomic mass is 10.0. The first-order valence-electron chi connectivity index (χ1n) is 6.52. The fraction of sp³-hybridized carbons (Fsp3) is 0.429. The van der Waals surface area contributed by atoms with Gasteiger partial charge in [0.2, 0.25) is 5.89 Å². The van der Waals surface area contributed by atoms with Gasteiger partial charge in [0.1, 0.15) is 0 Å². The Morgan fingerprint density at radius 1 is 1.47 bits per heavy atom. The highest BCUT2D eigenvalue weighted by Gasteiger charge is 2.29. The molecule has 1 aromatic heterocycles. The third-order valence-electron chi connectivity index (χ3n) is 3.58. The molecule has 1 fully saturated rings. The van der Waals surface area contributed by atoms with Gasteiger partial charge in [0.05, 0.1) is 5.92 Å². The maximum Gasteiger partial charge on any atom is 0.231 e. The molecule has 1 aliphatic rings. The van der Waals surface area contributed by atoms with Gasteiger partial charge >= 0.3 is 0 Å². The van der Waals surface area contributed by atoms with Crippen molar-refractivity contribution in [3.8, 4) is 0 Å². The predicted octanol–water partition coefficient (Wildman–Crippen LogP) is 2.78. The third-order valence-corrected chi connectivity index (χ3v) is 3.81. The summed E-state index contributed by atoms with van der Waals surface area (Å²) in [5, 5.41) is 8.18. The maximum absolute atomic E-state index is 5.97. The quantitative estimate of drug-likeness (QED) is 0.937. The van der Waals surface area contributed by atoms with E-state index >= 15 is 0 Å². The third kappa shape index (κ3) is 2.80. The van der Waals surface area contributed by atoms with Crippen molar-refractivity contribution in [2.75, 3.05) is 6.54 Å². The molecular weight excluding hydrogens is 262 g/mol. The van der Waals surface area contributed by atoms with Gasteiger partial charge in [0.15, 0.2) is 5.82 Å². The fourth-order valence-electron chi connectivity index (χ4n) is 2.52. The summed E-state index contributed by atoms with van der Waals surface area (Å²) in [4.78, 5) is 4.51. The topological polar surface area (TPSA) is 51.0 Å². The lowest BCUT2D eigenvalue weighted by Crippen LogP contribution is -2.21. The van der Waals surface area contributed by atoms with E-state index in [-0.39, 0.29) is 0 Å². The van der Waals surface area contributed by atoms with Gasteiger partial charge in [0, 0.05) is 17.5 Å². The highest BCUT2D eigenvalue weighted by molar-refractivity contribution is 6.30. The standard InChI is InChI=1S/C14H16ClN3O/c1-9-12(5-6-16-9)14-17-13(18-19-14)8-10-3-2-4-11(15)7-10/h2-4,7,9,12,16H,5-6,8H2,1H3. The van der Waals surface area contributed by atoms with Crippen molar-refractivity contribution in [2.24, 2.45) is 0 Å². The summed E-state index contributed by atoms with van der Waals surface area (Å²) >= 11 is 5.97. The number of hydrogen-bond acceptors (Lipinski definition) is 4. The van der Waals surface area contributed by atoms with Gasteiger partial charge in [-0.2, -0.15) is 4.98 Å². The Labute approximate surface area is 117 Å². The minimum absolute atomic E-state index is 0.334. The number of nitrogens with zero attached hydrogens (tertiary/aromatic N) is 2. The molecule has 1 aromatic carbocycles. The van der Waals surface area contributed by atoms with Crippen LogP contribution in [0.2, 0.25) is 5.02 Å². The normalized spacial score (nSPS) is 22.8. The van der Waals surface area contributed by atoms with Crippen LogP contribution in [0.1, 0.15) is 36.5 Å². The maximum atomic E-state index is 5.97. The van der Waals surface area contributed by atoms with Gasteiger partial charge in [-0.3, -0.25) is 0 Å². The monoisotopic (exact) mass is 277 g/mol. The van der Waals surface area contributed by atoms with Crippen molar-refractivity contribution in [2.45, 2.75) is 31.7 Å². The smallest absolute Gasteiger partial charge is 0.231 e. The van der Waals surface area contributed by atoms with Crippen LogP contribution in [0.4, 0.5) is 0 Å². The molecule has 4 nitrogen and oxygen atoms in total. The zero-order valence-electron chi connectivity index (χ0n) is 10.8. The number of nitrogens with one attached hydrogen (secondary N) is 1. The molecule has 0 aliphatic carbocycles. The highest BCUT2D eigenvalue weighted by atomic mass is 35.5. The lowest BCUT2D eigenvalue weighted by molar-refractivity contribution is 0.342. The zero-order valence-corrected chi connectivity index (χ0v) is 11.5. The Kier molecular flexibility index (Phi) is 3.53. The first-order valence-corrected chi connectivity index (χ1v) is 6.90. The Morgan fingerprint density at radius 3 is 3.11 bits per heavy atom. The summed E-state index contributed by atoms with van der Waals surface area (Å²) in [5.74, 6) is 1.80. The van der Waals surface area contributed by atoms with E-state index in [1.54, 1.807) is 0 Å². The first kappa shape index (κ1) is 12.6. The van der Waals surface area contributed by atoms with E-state index in [0.29, 0.717) is 18.4 Å². The molecule has 1 N–H and O–H groups in total. The van der Waals surface area contributed by atoms with Crippen molar-refractivity contribution < 1.29 is 4.52 Å². The molecule has 0 amide bonds. The second-order valence-corrected chi connectivity index (χ2v) is 5.43. The molecule has 0 bridgehead atoms. The second kappa shape index (κ2) is 5.31. The number of aromatic nitrogens is 2. The summed E-state index contributed by atoms with van der Waals surface area (Å²) < 4.78 is 5.39. The molecular formula is C14H16ClN3O. The van der Waals surface area contributed by atoms with Gasteiger partial charge in [-0.05, 0) is 37.6 Å². The van der Waals surface area contributed by atoms with Gasteiger partial charge in [-0.1, -0.05) is 28.9 Å². The van der Waals surface area contributed by atoms with E-state index in [2.05, 4.69) is 22.4 Å². The first-order chi connectivity index (χ1) is 9.22. The molecule has 5 heteroatoms. The summed E-state index contributed by atoms with van der Waals surface area (Å²) in [5.41, 5.74) is 1.09. The SMILES string of the molecule is CC1NCCC1c1nc(Cc2cccc(Cl)c2)no1. The van der Waals surface area contributed by atoms with Crippen LogP contribution >= 0.6 is 11.6 Å². The largest absolute Gasteiger partial charge is 0.339 e. The van der Waals surface area contributed by atoms with E-state index in [4.69, 9.17) is 16.1 Å². The molecule has 2 unspecified atom stereocenters. The average molecular weight is 278 g/mol. The summed E-state index contributed by atoms with van der Waals surface area (Å²) in [7, 11) is 0. The van der Waals surface area contributed by atoms with Crippen LogP contribution in [-0.4, -0.2) is 22.7 Å². The van der Waals surface area contributed by atoms with Crippen LogP contribution in [0.15, 0.2) is 28.8 Å². The van der Waals surface area contributed by atoms with Gasteiger partial charge in [0.25, 0.3) is 0 Å². The molecule has 0 spiro atoms. The van der Waals surface area contributed by atoms with Crippen LogP contribution in [0.3, 0.4) is 0 Å². The molecule has 19 heavy (non-hydrogen) atoms. The highest BCUT2D eigenvalue weighted by Crippen LogP contribution is 2.26. The molecule has 2 heterocycles. The number of benzene rings is 1. The molecule has 1 aliphatic heterocycles. The van der Waals surface area contributed by atoms with Crippen molar-refractivity contribution in [1.29, 1.82) is 0 Å². The second-order valence-electron chi connectivity index (χ2n) is 4.99. The van der Waals surface area contributed by atoms with Crippen LogP contribution in [0.5, 0.6) is 0 Å². The Balaban J connectivity index is 1.74. The lowest BCUT2D eigenvalue weighted by Gasteiger charge is -2.08. The minimum Gasteiger partial charge on any atom is -0.339 e. The van der Waals surface area contributed by atoms with E-state index in [0.717, 1.165) is 35.3 Å². The van der Waals surface area contributed by atoms with Crippen molar-refractivity contribution >= 4 is 11.6 Å². The predicted molar refractivity (Wildman–Crippen MR) is 73.4 cm³/mol. The van der Waals surface area contributed by atoms with Crippen LogP contribution in [0, 0.1) is 0 Å². The number of rotatable bonds is 3.